The van der Waals surface area contributed by atoms with E-state index in [0.29, 0.717) is 11.5 Å². The van der Waals surface area contributed by atoms with Crippen molar-refractivity contribution >= 4 is 0 Å². The van der Waals surface area contributed by atoms with Gasteiger partial charge in [0.05, 0.1) is 12.7 Å². The molecule has 0 radical (unpaired) electrons. The van der Waals surface area contributed by atoms with Crippen LogP contribution in [0.1, 0.15) is 32.1 Å². The van der Waals surface area contributed by atoms with Gasteiger partial charge in [-0.15, -0.1) is 0 Å². The van der Waals surface area contributed by atoms with Crippen molar-refractivity contribution in [2.75, 3.05) is 46.5 Å². The molecule has 0 spiro atoms. The zero-order chi connectivity index (χ0) is 13.1. The number of hydrogen-bond acceptors (Lipinski definition) is 4. The molecule has 3 rings (SSSR count). The predicted molar refractivity (Wildman–Crippen MR) is 75.4 cm³/mol. The van der Waals surface area contributed by atoms with E-state index in [0.717, 1.165) is 45.5 Å². The summed E-state index contributed by atoms with van der Waals surface area (Å²) >= 11 is 0. The maximum atomic E-state index is 5.74. The summed E-state index contributed by atoms with van der Waals surface area (Å²) in [5.74, 6) is 0. The van der Waals surface area contributed by atoms with Crippen LogP contribution in [0.25, 0.3) is 0 Å². The summed E-state index contributed by atoms with van der Waals surface area (Å²) < 4.78 is 11.4. The highest BCUT2D eigenvalue weighted by Gasteiger charge is 2.37. The van der Waals surface area contributed by atoms with Crippen LogP contribution in [0.2, 0.25) is 0 Å². The third-order valence-corrected chi connectivity index (χ3v) is 4.67. The summed E-state index contributed by atoms with van der Waals surface area (Å²) in [6, 6.07) is 0.793. The number of rotatable bonds is 7. The van der Waals surface area contributed by atoms with E-state index in [9.17, 15) is 0 Å². The minimum absolute atomic E-state index is 0.329. The van der Waals surface area contributed by atoms with Crippen molar-refractivity contribution < 1.29 is 9.47 Å². The Morgan fingerprint density at radius 2 is 2.16 bits per heavy atom. The second-order valence-electron chi connectivity index (χ2n) is 6.79. The minimum Gasteiger partial charge on any atom is -0.381 e. The molecule has 4 nitrogen and oxygen atoms in total. The van der Waals surface area contributed by atoms with Crippen molar-refractivity contribution in [3.05, 3.63) is 0 Å². The molecule has 0 amide bonds. The van der Waals surface area contributed by atoms with Crippen LogP contribution >= 0.6 is 0 Å². The molecule has 0 bridgehead atoms. The molecule has 4 heteroatoms. The van der Waals surface area contributed by atoms with Gasteiger partial charge in [0.2, 0.25) is 0 Å². The Kier molecular flexibility index (Phi) is 4.42. The SMILES string of the molecule is CN(CC1CCCO1)CC1(CNC2CC2)CCOC1. The van der Waals surface area contributed by atoms with Gasteiger partial charge in [-0.05, 0) is 39.2 Å². The Balaban J connectivity index is 1.47. The Morgan fingerprint density at radius 3 is 2.79 bits per heavy atom. The molecule has 0 aromatic heterocycles. The Labute approximate surface area is 116 Å². The number of nitrogens with zero attached hydrogens (tertiary/aromatic N) is 1. The van der Waals surface area contributed by atoms with Gasteiger partial charge in [0, 0.05) is 44.3 Å². The van der Waals surface area contributed by atoms with Gasteiger partial charge < -0.3 is 19.7 Å². The smallest absolute Gasteiger partial charge is 0.0702 e. The van der Waals surface area contributed by atoms with Crippen molar-refractivity contribution in [3.63, 3.8) is 0 Å². The highest BCUT2D eigenvalue weighted by atomic mass is 16.5. The van der Waals surface area contributed by atoms with Gasteiger partial charge in [0.1, 0.15) is 0 Å². The van der Waals surface area contributed by atoms with Crippen molar-refractivity contribution in [1.82, 2.24) is 10.2 Å². The van der Waals surface area contributed by atoms with E-state index >= 15 is 0 Å². The molecular formula is C15H28N2O2. The first kappa shape index (κ1) is 13.8. The summed E-state index contributed by atoms with van der Waals surface area (Å²) in [5.41, 5.74) is 0.329. The van der Waals surface area contributed by atoms with Crippen molar-refractivity contribution in [3.8, 4) is 0 Å². The van der Waals surface area contributed by atoms with Crippen LogP contribution in [0, 0.1) is 5.41 Å². The lowest BCUT2D eigenvalue weighted by Gasteiger charge is -2.33. The van der Waals surface area contributed by atoms with Crippen molar-refractivity contribution in [2.45, 2.75) is 44.2 Å². The molecular weight excluding hydrogens is 240 g/mol. The highest BCUT2D eigenvalue weighted by molar-refractivity contribution is 4.92. The molecule has 2 unspecified atom stereocenters. The molecule has 2 saturated heterocycles. The van der Waals surface area contributed by atoms with Gasteiger partial charge in [0.25, 0.3) is 0 Å². The van der Waals surface area contributed by atoms with Crippen LogP contribution in [-0.4, -0.2) is 63.5 Å². The van der Waals surface area contributed by atoms with Gasteiger partial charge in [-0.2, -0.15) is 0 Å². The molecule has 2 atom stereocenters. The minimum atomic E-state index is 0.329. The third kappa shape index (κ3) is 3.91. The van der Waals surface area contributed by atoms with Crippen LogP contribution in [0.3, 0.4) is 0 Å². The van der Waals surface area contributed by atoms with Crippen LogP contribution < -0.4 is 5.32 Å². The zero-order valence-corrected chi connectivity index (χ0v) is 12.2. The van der Waals surface area contributed by atoms with Gasteiger partial charge in [-0.3, -0.25) is 0 Å². The van der Waals surface area contributed by atoms with Crippen molar-refractivity contribution in [1.29, 1.82) is 0 Å². The van der Waals surface area contributed by atoms with E-state index in [1.165, 1.54) is 32.1 Å². The second kappa shape index (κ2) is 6.08. The fourth-order valence-electron chi connectivity index (χ4n) is 3.39. The van der Waals surface area contributed by atoms with E-state index in [1.807, 2.05) is 0 Å². The van der Waals surface area contributed by atoms with Crippen molar-refractivity contribution in [2.24, 2.45) is 5.41 Å². The van der Waals surface area contributed by atoms with E-state index in [4.69, 9.17) is 9.47 Å². The molecule has 2 aliphatic heterocycles. The fourth-order valence-corrected chi connectivity index (χ4v) is 3.39. The molecule has 110 valence electrons. The van der Waals surface area contributed by atoms with Crippen LogP contribution in [-0.2, 0) is 9.47 Å². The number of hydrogen-bond donors (Lipinski definition) is 1. The Hall–Kier alpha value is -0.160. The normalized spacial score (nSPS) is 35.4. The average Bonchev–Trinajstić information content (AvgIpc) is 2.87. The number of nitrogens with one attached hydrogen (secondary N) is 1. The largest absolute Gasteiger partial charge is 0.381 e. The summed E-state index contributed by atoms with van der Waals surface area (Å²) in [6.07, 6.45) is 6.85. The molecule has 0 aromatic carbocycles. The van der Waals surface area contributed by atoms with E-state index in [-0.39, 0.29) is 0 Å². The average molecular weight is 268 g/mol. The standard InChI is InChI=1S/C15H28N2O2/c1-17(9-14-3-2-7-19-14)11-15(6-8-18-12-15)10-16-13-4-5-13/h13-14,16H,2-12H2,1H3. The van der Waals surface area contributed by atoms with Crippen LogP contribution in [0.5, 0.6) is 0 Å². The molecule has 1 N–H and O–H groups in total. The summed E-state index contributed by atoms with van der Waals surface area (Å²) in [5, 5.41) is 3.70. The topological polar surface area (TPSA) is 33.7 Å². The van der Waals surface area contributed by atoms with E-state index in [2.05, 4.69) is 17.3 Å². The molecule has 1 aliphatic carbocycles. The first-order valence-electron chi connectivity index (χ1n) is 7.87. The summed E-state index contributed by atoms with van der Waals surface area (Å²) in [6.45, 7) is 6.13. The van der Waals surface area contributed by atoms with Gasteiger partial charge >= 0.3 is 0 Å². The molecule has 1 saturated carbocycles. The van der Waals surface area contributed by atoms with Gasteiger partial charge in [-0.25, -0.2) is 0 Å². The monoisotopic (exact) mass is 268 g/mol. The van der Waals surface area contributed by atoms with E-state index in [1.54, 1.807) is 0 Å². The molecule has 0 aromatic rings. The zero-order valence-electron chi connectivity index (χ0n) is 12.2. The Morgan fingerprint density at radius 1 is 1.26 bits per heavy atom. The van der Waals surface area contributed by atoms with Gasteiger partial charge in [-0.1, -0.05) is 0 Å². The number of ether oxygens (including phenoxy) is 2. The maximum Gasteiger partial charge on any atom is 0.0702 e. The van der Waals surface area contributed by atoms with Crippen LogP contribution in [0.15, 0.2) is 0 Å². The lowest BCUT2D eigenvalue weighted by Crippen LogP contribution is -2.45. The second-order valence-corrected chi connectivity index (χ2v) is 6.79. The molecule has 19 heavy (non-hydrogen) atoms. The predicted octanol–water partition coefficient (Wildman–Crippen LogP) is 1.26. The third-order valence-electron chi connectivity index (χ3n) is 4.67. The lowest BCUT2D eigenvalue weighted by molar-refractivity contribution is 0.0592. The quantitative estimate of drug-likeness (QED) is 0.753. The number of likely N-dealkylation sites (N-methyl/N-ethyl adjacent to an activating group) is 1. The van der Waals surface area contributed by atoms with Crippen LogP contribution in [0.4, 0.5) is 0 Å². The summed E-state index contributed by atoms with van der Waals surface area (Å²) in [7, 11) is 2.23. The fraction of sp³-hybridized carbons (Fsp3) is 1.00. The van der Waals surface area contributed by atoms with E-state index < -0.39 is 0 Å². The first-order chi connectivity index (χ1) is 9.26. The van der Waals surface area contributed by atoms with Gasteiger partial charge in [0.15, 0.2) is 0 Å². The Bertz CT molecular complexity index is 282. The first-order valence-corrected chi connectivity index (χ1v) is 7.87. The molecule has 2 heterocycles. The molecule has 3 aliphatic rings. The maximum absolute atomic E-state index is 5.74. The molecule has 3 fully saturated rings. The highest BCUT2D eigenvalue weighted by Crippen LogP contribution is 2.31. The lowest BCUT2D eigenvalue weighted by atomic mass is 9.86. The summed E-state index contributed by atoms with van der Waals surface area (Å²) in [4.78, 5) is 2.46.